The molecule has 1 unspecified atom stereocenters. The molecule has 1 saturated heterocycles. The van der Waals surface area contributed by atoms with Gasteiger partial charge >= 0.3 is 6.03 Å². The van der Waals surface area contributed by atoms with Gasteiger partial charge in [0.25, 0.3) is 0 Å². The molecule has 1 aliphatic carbocycles. The van der Waals surface area contributed by atoms with E-state index in [4.69, 9.17) is 9.47 Å². The van der Waals surface area contributed by atoms with Crippen molar-refractivity contribution in [1.82, 2.24) is 25.5 Å². The molecule has 3 amide bonds. The number of imidazole rings is 1. The van der Waals surface area contributed by atoms with Gasteiger partial charge in [0.2, 0.25) is 5.91 Å². The summed E-state index contributed by atoms with van der Waals surface area (Å²) in [7, 11) is 1.63. The summed E-state index contributed by atoms with van der Waals surface area (Å²) in [6, 6.07) is 6.63. The standard InChI is InChI=1S/C30H45N5O4/c1-3-19-39-30(24-7-5-4-6-8-24)14-17-35(18-15-30)28(36)27(20-23-9-11-26(38-2)12-10-23)34-29(37)32-16-13-25-21-31-22-33-25/h9-12,21-22,24,27H,3-8,13-20H2,1-2H3,(H,31,33)(H2,32,34,37). The minimum atomic E-state index is -0.664. The van der Waals surface area contributed by atoms with Crippen molar-refractivity contribution < 1.29 is 19.1 Å². The zero-order valence-electron chi connectivity index (χ0n) is 23.5. The Kier molecular flexibility index (Phi) is 10.6. The highest BCUT2D eigenvalue weighted by atomic mass is 16.5. The highest BCUT2D eigenvalue weighted by Gasteiger charge is 2.44. The molecule has 0 radical (unpaired) electrons. The summed E-state index contributed by atoms with van der Waals surface area (Å²) in [6.45, 7) is 4.66. The van der Waals surface area contributed by atoms with Gasteiger partial charge in [0, 0.05) is 45.3 Å². The molecule has 39 heavy (non-hydrogen) atoms. The first-order valence-electron chi connectivity index (χ1n) is 14.6. The summed E-state index contributed by atoms with van der Waals surface area (Å²) in [4.78, 5) is 35.7. The Morgan fingerprint density at radius 2 is 1.90 bits per heavy atom. The van der Waals surface area contributed by atoms with Crippen LogP contribution < -0.4 is 15.4 Å². The van der Waals surface area contributed by atoms with E-state index in [1.807, 2.05) is 35.4 Å². The number of aromatic amines is 1. The van der Waals surface area contributed by atoms with Crippen molar-refractivity contribution in [3.05, 3.63) is 48.0 Å². The number of nitrogens with zero attached hydrogens (tertiary/aromatic N) is 2. The van der Waals surface area contributed by atoms with E-state index in [0.29, 0.717) is 38.4 Å². The van der Waals surface area contributed by atoms with Crippen LogP contribution in [0.5, 0.6) is 5.75 Å². The number of hydrogen-bond donors (Lipinski definition) is 3. The number of urea groups is 1. The fourth-order valence-electron chi connectivity index (χ4n) is 6.07. The normalized spacial score (nSPS) is 18.4. The number of likely N-dealkylation sites (tertiary alicyclic amines) is 1. The molecule has 9 nitrogen and oxygen atoms in total. The first kappa shape index (κ1) is 28.9. The van der Waals surface area contributed by atoms with Crippen LogP contribution in [0.4, 0.5) is 4.79 Å². The van der Waals surface area contributed by atoms with E-state index in [1.165, 1.54) is 32.1 Å². The van der Waals surface area contributed by atoms with Crippen LogP contribution in [0.1, 0.15) is 69.5 Å². The van der Waals surface area contributed by atoms with Crippen molar-refractivity contribution in [2.45, 2.75) is 82.8 Å². The van der Waals surface area contributed by atoms with E-state index in [1.54, 1.807) is 13.4 Å². The SMILES string of the molecule is CCCOC1(C2CCCCC2)CCN(C(=O)C(Cc2ccc(OC)cc2)NC(=O)NCCc2c[nH]cn2)CC1. The van der Waals surface area contributed by atoms with E-state index in [2.05, 4.69) is 27.5 Å². The summed E-state index contributed by atoms with van der Waals surface area (Å²) in [5.74, 6) is 1.29. The molecule has 3 N–H and O–H groups in total. The lowest BCUT2D eigenvalue weighted by molar-refractivity contribution is -0.149. The summed E-state index contributed by atoms with van der Waals surface area (Å²) in [6.07, 6.45) is 13.5. The van der Waals surface area contributed by atoms with Crippen LogP contribution in [0, 0.1) is 5.92 Å². The molecular weight excluding hydrogens is 494 g/mol. The number of methoxy groups -OCH3 is 1. The number of piperidine rings is 1. The molecule has 1 aliphatic heterocycles. The summed E-state index contributed by atoms with van der Waals surface area (Å²) in [5, 5.41) is 5.84. The lowest BCUT2D eigenvalue weighted by atomic mass is 9.72. The first-order valence-corrected chi connectivity index (χ1v) is 14.6. The molecule has 2 heterocycles. The Morgan fingerprint density at radius 1 is 1.15 bits per heavy atom. The van der Waals surface area contributed by atoms with Gasteiger partial charge in [-0.25, -0.2) is 9.78 Å². The van der Waals surface area contributed by atoms with Gasteiger partial charge in [-0.05, 0) is 55.7 Å². The fraction of sp³-hybridized carbons (Fsp3) is 0.633. The van der Waals surface area contributed by atoms with Crippen LogP contribution in [0.15, 0.2) is 36.8 Å². The van der Waals surface area contributed by atoms with Crippen LogP contribution in [-0.2, 0) is 22.4 Å². The first-order chi connectivity index (χ1) is 19.0. The largest absolute Gasteiger partial charge is 0.497 e. The fourth-order valence-corrected chi connectivity index (χ4v) is 6.07. The second kappa shape index (κ2) is 14.4. The average Bonchev–Trinajstić information content (AvgIpc) is 3.50. The molecule has 1 aromatic heterocycles. The molecule has 0 spiro atoms. The molecule has 2 aliphatic rings. The van der Waals surface area contributed by atoms with Crippen molar-refractivity contribution in [3.8, 4) is 5.75 Å². The summed E-state index contributed by atoms with van der Waals surface area (Å²) < 4.78 is 11.8. The third-order valence-electron chi connectivity index (χ3n) is 8.29. The summed E-state index contributed by atoms with van der Waals surface area (Å²) in [5.41, 5.74) is 1.71. The minimum Gasteiger partial charge on any atom is -0.497 e. The molecule has 2 aromatic rings. The highest BCUT2D eigenvalue weighted by Crippen LogP contribution is 2.42. The monoisotopic (exact) mass is 539 g/mol. The molecule has 1 saturated carbocycles. The van der Waals surface area contributed by atoms with Gasteiger partial charge in [0.05, 0.1) is 24.7 Å². The number of amides is 3. The number of hydrogen-bond acceptors (Lipinski definition) is 5. The predicted octanol–water partition coefficient (Wildman–Crippen LogP) is 4.24. The number of benzene rings is 1. The third kappa shape index (κ3) is 7.97. The average molecular weight is 540 g/mol. The van der Waals surface area contributed by atoms with Gasteiger partial charge in [-0.3, -0.25) is 4.79 Å². The zero-order valence-corrected chi connectivity index (χ0v) is 23.5. The molecule has 4 rings (SSSR count). The smallest absolute Gasteiger partial charge is 0.315 e. The van der Waals surface area contributed by atoms with Gasteiger partial charge in [-0.15, -0.1) is 0 Å². The number of rotatable bonds is 12. The molecule has 0 bridgehead atoms. The van der Waals surface area contributed by atoms with E-state index in [9.17, 15) is 9.59 Å². The lowest BCUT2D eigenvalue weighted by Crippen LogP contribution is -2.57. The van der Waals surface area contributed by atoms with E-state index < -0.39 is 6.04 Å². The van der Waals surface area contributed by atoms with E-state index in [0.717, 1.165) is 42.9 Å². The number of carbonyl (C=O) groups is 2. The highest BCUT2D eigenvalue weighted by molar-refractivity contribution is 5.87. The quantitative estimate of drug-likeness (QED) is 0.374. The number of nitrogens with one attached hydrogen (secondary N) is 3. The Morgan fingerprint density at radius 3 is 2.54 bits per heavy atom. The van der Waals surface area contributed by atoms with Crippen LogP contribution in [0.2, 0.25) is 0 Å². The van der Waals surface area contributed by atoms with E-state index >= 15 is 0 Å². The molecule has 214 valence electrons. The third-order valence-corrected chi connectivity index (χ3v) is 8.29. The van der Waals surface area contributed by atoms with Crippen LogP contribution in [-0.4, -0.2) is 71.8 Å². The number of carbonyl (C=O) groups excluding carboxylic acids is 2. The predicted molar refractivity (Wildman–Crippen MR) is 151 cm³/mol. The molecule has 9 heteroatoms. The van der Waals surface area contributed by atoms with Crippen molar-refractivity contribution in [1.29, 1.82) is 0 Å². The zero-order chi connectivity index (χ0) is 27.5. The molecule has 1 atom stereocenters. The topological polar surface area (TPSA) is 109 Å². The molecular formula is C30H45N5O4. The Balaban J connectivity index is 1.40. The van der Waals surface area contributed by atoms with Crippen molar-refractivity contribution in [2.75, 3.05) is 33.4 Å². The minimum absolute atomic E-state index is 0.0407. The van der Waals surface area contributed by atoms with Gasteiger partial charge in [-0.2, -0.15) is 0 Å². The van der Waals surface area contributed by atoms with Crippen LogP contribution in [0.25, 0.3) is 0 Å². The van der Waals surface area contributed by atoms with E-state index in [-0.39, 0.29) is 17.5 Å². The lowest BCUT2D eigenvalue weighted by Gasteiger charge is -2.48. The number of ether oxygens (including phenoxy) is 2. The van der Waals surface area contributed by atoms with Crippen LogP contribution in [0.3, 0.4) is 0 Å². The maximum atomic E-state index is 13.8. The van der Waals surface area contributed by atoms with Crippen LogP contribution >= 0.6 is 0 Å². The molecule has 2 fully saturated rings. The molecule has 1 aromatic carbocycles. The van der Waals surface area contributed by atoms with Crippen molar-refractivity contribution in [3.63, 3.8) is 0 Å². The number of H-pyrrole nitrogens is 1. The van der Waals surface area contributed by atoms with Gasteiger partial charge < -0.3 is 30.0 Å². The van der Waals surface area contributed by atoms with Gasteiger partial charge in [0.1, 0.15) is 11.8 Å². The Hall–Kier alpha value is -3.07. The maximum absolute atomic E-state index is 13.8. The second-order valence-electron chi connectivity index (χ2n) is 10.9. The summed E-state index contributed by atoms with van der Waals surface area (Å²) >= 11 is 0. The Labute approximate surface area is 232 Å². The Bertz CT molecular complexity index is 1010. The van der Waals surface area contributed by atoms with Crippen molar-refractivity contribution in [2.24, 2.45) is 5.92 Å². The second-order valence-corrected chi connectivity index (χ2v) is 10.9. The van der Waals surface area contributed by atoms with Gasteiger partial charge in [0.15, 0.2) is 0 Å². The number of aromatic nitrogens is 2. The maximum Gasteiger partial charge on any atom is 0.315 e. The van der Waals surface area contributed by atoms with Crippen molar-refractivity contribution >= 4 is 11.9 Å². The van der Waals surface area contributed by atoms with Gasteiger partial charge in [-0.1, -0.05) is 38.3 Å².